The van der Waals surface area contributed by atoms with E-state index in [1.54, 1.807) is 11.8 Å². The van der Waals surface area contributed by atoms with Gasteiger partial charge in [0.2, 0.25) is 0 Å². The molecule has 0 radical (unpaired) electrons. The third kappa shape index (κ3) is 4.29. The Bertz CT molecular complexity index is 1570. The predicted octanol–water partition coefficient (Wildman–Crippen LogP) is 7.08. The van der Waals surface area contributed by atoms with Crippen LogP contribution in [0.5, 0.6) is 0 Å². The summed E-state index contributed by atoms with van der Waals surface area (Å²) in [6, 6.07) is 32.1. The molecule has 0 bridgehead atoms. The first-order valence-corrected chi connectivity index (χ1v) is 14.0. The van der Waals surface area contributed by atoms with Crippen LogP contribution in [0, 0.1) is 0 Å². The summed E-state index contributed by atoms with van der Waals surface area (Å²) in [5.41, 5.74) is 5.89. The van der Waals surface area contributed by atoms with Crippen molar-refractivity contribution in [3.05, 3.63) is 126 Å². The number of carbonyl (C=O) groups is 1. The number of benzene rings is 3. The zero-order valence-corrected chi connectivity index (χ0v) is 22.2. The highest BCUT2D eigenvalue weighted by Gasteiger charge is 2.36. The number of fused-ring (bicyclic) bond motifs is 3. The van der Waals surface area contributed by atoms with Crippen LogP contribution in [-0.2, 0) is 13.0 Å². The fourth-order valence-electron chi connectivity index (χ4n) is 5.23. The summed E-state index contributed by atoms with van der Waals surface area (Å²) in [6.45, 7) is 2.55. The number of thioether (sulfide) groups is 1. The van der Waals surface area contributed by atoms with Crippen LogP contribution in [0.3, 0.4) is 0 Å². The molecule has 0 saturated carbocycles. The Morgan fingerprint density at radius 2 is 1.74 bits per heavy atom. The lowest BCUT2D eigenvalue weighted by Crippen LogP contribution is -2.38. The molecular weight excluding hydrogens is 490 g/mol. The van der Waals surface area contributed by atoms with Crippen molar-refractivity contribution < 1.29 is 4.79 Å². The van der Waals surface area contributed by atoms with Gasteiger partial charge in [-0.1, -0.05) is 61.5 Å². The lowest BCUT2D eigenvalue weighted by atomic mass is 10.0. The predicted molar refractivity (Wildman–Crippen MR) is 153 cm³/mol. The molecule has 1 N–H and O–H groups in total. The van der Waals surface area contributed by atoms with Gasteiger partial charge in [0.1, 0.15) is 5.82 Å². The molecule has 3 heterocycles. The Labute approximate surface area is 226 Å². The maximum absolute atomic E-state index is 14.1. The maximum Gasteiger partial charge on any atom is 0.322 e. The number of nitrogens with zero attached hydrogens (tertiary/aromatic N) is 4. The summed E-state index contributed by atoms with van der Waals surface area (Å²) in [7, 11) is 0. The second-order valence-electron chi connectivity index (χ2n) is 9.26. The molecule has 7 heteroatoms. The fraction of sp³-hybridized carbons (Fsp3) is 0.161. The average Bonchev–Trinajstić information content (AvgIpc) is 3.55. The van der Waals surface area contributed by atoms with Crippen LogP contribution in [0.25, 0.3) is 11.5 Å². The number of amides is 2. The van der Waals surface area contributed by atoms with E-state index in [4.69, 9.17) is 5.10 Å². The highest BCUT2D eigenvalue weighted by molar-refractivity contribution is 7.98. The van der Waals surface area contributed by atoms with Crippen molar-refractivity contribution in [3.63, 3.8) is 0 Å². The van der Waals surface area contributed by atoms with Crippen molar-refractivity contribution in [2.75, 3.05) is 11.6 Å². The van der Waals surface area contributed by atoms with Crippen molar-refractivity contribution in [1.29, 1.82) is 0 Å². The van der Waals surface area contributed by atoms with Crippen LogP contribution < -0.4 is 5.32 Å². The van der Waals surface area contributed by atoms with Gasteiger partial charge in [-0.15, -0.1) is 11.8 Å². The quantitative estimate of drug-likeness (QED) is 0.252. The number of hydrogen-bond acceptors (Lipinski definition) is 3. The molecule has 0 saturated heterocycles. The molecule has 1 unspecified atom stereocenters. The largest absolute Gasteiger partial charge is 0.322 e. The Balaban J connectivity index is 1.53. The molecule has 6 rings (SSSR count). The third-order valence-corrected chi connectivity index (χ3v) is 7.73. The SMILES string of the molecule is CCc1nn(-c2ccccc2)c2c1CN(C(=O)Nc1cccc(SC)c1)C(c1ccccc1)c1cccn1-2. The molecule has 3 aromatic carbocycles. The van der Waals surface area contributed by atoms with Crippen molar-refractivity contribution in [3.8, 4) is 11.5 Å². The van der Waals surface area contributed by atoms with Crippen LogP contribution >= 0.6 is 11.8 Å². The number of hydrogen-bond donors (Lipinski definition) is 1. The first-order chi connectivity index (χ1) is 18.7. The number of nitrogens with one attached hydrogen (secondary N) is 1. The van der Waals surface area contributed by atoms with Gasteiger partial charge >= 0.3 is 6.03 Å². The van der Waals surface area contributed by atoms with Crippen molar-refractivity contribution >= 4 is 23.5 Å². The number of para-hydroxylation sites is 1. The highest BCUT2D eigenvalue weighted by atomic mass is 32.2. The van der Waals surface area contributed by atoms with E-state index in [-0.39, 0.29) is 12.1 Å². The Morgan fingerprint density at radius 3 is 2.47 bits per heavy atom. The molecule has 2 amide bonds. The normalized spacial score (nSPS) is 14.5. The molecular formula is C31H29N5OS. The number of rotatable bonds is 5. The molecule has 190 valence electrons. The number of anilines is 1. The molecule has 1 aliphatic rings. The zero-order chi connectivity index (χ0) is 26.1. The van der Waals surface area contributed by atoms with Crippen molar-refractivity contribution in [2.45, 2.75) is 30.8 Å². The van der Waals surface area contributed by atoms with E-state index in [1.165, 1.54) is 0 Å². The van der Waals surface area contributed by atoms with Crippen LogP contribution in [0.15, 0.2) is 108 Å². The Kier molecular flexibility index (Phi) is 6.52. The number of aromatic nitrogens is 3. The van der Waals surface area contributed by atoms with Crippen LogP contribution in [-0.4, -0.2) is 31.5 Å². The summed E-state index contributed by atoms with van der Waals surface area (Å²) in [5, 5.41) is 8.21. The minimum Gasteiger partial charge on any atom is -0.308 e. The van der Waals surface area contributed by atoms with Gasteiger partial charge < -0.3 is 14.8 Å². The van der Waals surface area contributed by atoms with E-state index in [1.807, 2.05) is 82.6 Å². The van der Waals surface area contributed by atoms with Crippen LogP contribution in [0.1, 0.15) is 35.5 Å². The third-order valence-electron chi connectivity index (χ3n) is 7.00. The van der Waals surface area contributed by atoms with E-state index in [9.17, 15) is 4.79 Å². The molecule has 0 aliphatic carbocycles. The molecule has 6 nitrogen and oxygen atoms in total. The Morgan fingerprint density at radius 1 is 0.974 bits per heavy atom. The second kappa shape index (κ2) is 10.3. The highest BCUT2D eigenvalue weighted by Crippen LogP contribution is 2.39. The van der Waals surface area contributed by atoms with E-state index in [0.717, 1.165) is 51.0 Å². The Hall–Kier alpha value is -4.23. The molecule has 5 aromatic rings. The van der Waals surface area contributed by atoms with E-state index < -0.39 is 0 Å². The van der Waals surface area contributed by atoms with E-state index in [0.29, 0.717) is 6.54 Å². The van der Waals surface area contributed by atoms with Gasteiger partial charge in [0.15, 0.2) is 0 Å². The van der Waals surface area contributed by atoms with Gasteiger partial charge in [-0.25, -0.2) is 9.48 Å². The smallest absolute Gasteiger partial charge is 0.308 e. The standard InChI is InChI=1S/C31H29N5OS/c1-3-27-26-21-35(31(37)32-23-14-10-17-25(20-23)38-2)29(22-12-6-4-7-13-22)28-18-11-19-34(28)30(26)36(33-27)24-15-8-5-9-16-24/h4-20,29H,3,21H2,1-2H3,(H,32,37). The van der Waals surface area contributed by atoms with E-state index >= 15 is 0 Å². The first-order valence-electron chi connectivity index (χ1n) is 12.8. The molecule has 0 fully saturated rings. The second-order valence-corrected chi connectivity index (χ2v) is 10.1. The van der Waals surface area contributed by atoms with Crippen molar-refractivity contribution in [1.82, 2.24) is 19.2 Å². The van der Waals surface area contributed by atoms with Gasteiger partial charge in [-0.05, 0) is 60.7 Å². The fourth-order valence-corrected chi connectivity index (χ4v) is 5.69. The maximum atomic E-state index is 14.1. The number of carbonyl (C=O) groups excluding carboxylic acids is 1. The monoisotopic (exact) mass is 519 g/mol. The molecule has 0 spiro atoms. The minimum atomic E-state index is -0.281. The number of urea groups is 1. The van der Waals surface area contributed by atoms with E-state index in [2.05, 4.69) is 53.3 Å². The van der Waals surface area contributed by atoms with Gasteiger partial charge in [0, 0.05) is 22.3 Å². The van der Waals surface area contributed by atoms with Gasteiger partial charge in [-0.2, -0.15) is 5.10 Å². The van der Waals surface area contributed by atoms with Gasteiger partial charge in [0.05, 0.1) is 29.7 Å². The molecule has 1 atom stereocenters. The molecule has 2 aromatic heterocycles. The summed E-state index contributed by atoms with van der Waals surface area (Å²) < 4.78 is 4.22. The lowest BCUT2D eigenvalue weighted by Gasteiger charge is -2.31. The lowest BCUT2D eigenvalue weighted by molar-refractivity contribution is 0.194. The number of aryl methyl sites for hydroxylation is 1. The summed E-state index contributed by atoms with van der Waals surface area (Å²) >= 11 is 1.66. The summed E-state index contributed by atoms with van der Waals surface area (Å²) in [6.07, 6.45) is 4.88. The summed E-state index contributed by atoms with van der Waals surface area (Å²) in [4.78, 5) is 17.1. The molecule has 38 heavy (non-hydrogen) atoms. The van der Waals surface area contributed by atoms with Gasteiger partial charge in [-0.3, -0.25) is 0 Å². The topological polar surface area (TPSA) is 55.1 Å². The van der Waals surface area contributed by atoms with Crippen molar-refractivity contribution in [2.24, 2.45) is 0 Å². The average molecular weight is 520 g/mol. The van der Waals surface area contributed by atoms with Crippen LogP contribution in [0.4, 0.5) is 10.5 Å². The summed E-state index contributed by atoms with van der Waals surface area (Å²) in [5.74, 6) is 0.980. The molecule has 1 aliphatic heterocycles. The zero-order valence-electron chi connectivity index (χ0n) is 21.4. The first kappa shape index (κ1) is 24.1. The van der Waals surface area contributed by atoms with Crippen LogP contribution in [0.2, 0.25) is 0 Å². The minimum absolute atomic E-state index is 0.146. The van der Waals surface area contributed by atoms with Gasteiger partial charge in [0.25, 0.3) is 0 Å².